The summed E-state index contributed by atoms with van der Waals surface area (Å²) in [5, 5.41) is 8.70. The molecular formula is C36H45N5O. The summed E-state index contributed by atoms with van der Waals surface area (Å²) < 4.78 is 7.90. The van der Waals surface area contributed by atoms with Crippen molar-refractivity contribution in [2.24, 2.45) is 5.92 Å². The van der Waals surface area contributed by atoms with Crippen molar-refractivity contribution in [1.29, 1.82) is 0 Å². The highest BCUT2D eigenvalue weighted by atomic mass is 16.5. The average Bonchev–Trinajstić information content (AvgIpc) is 3.68. The quantitative estimate of drug-likeness (QED) is 0.171. The standard InChI is InChI=1S/C34H39N5O.C2H6/c1-24(20-26-9-4-3-5-10-26)8-7-19-40-31-17-14-27(15-18-31)25(2)21-33-35-23-32-34(36-33)39(38-37-32)30-16-13-28-11-6-12-29(28)22-30;1-2/h3-4,9,13-18,22-25H,5-8,10-12,19-21H2,1-2H3;1-2H3. The first-order valence-electron chi connectivity index (χ1n) is 15.9. The molecule has 220 valence electrons. The van der Waals surface area contributed by atoms with E-state index in [0.717, 1.165) is 54.3 Å². The molecular weight excluding hydrogens is 518 g/mol. The van der Waals surface area contributed by atoms with Crippen LogP contribution >= 0.6 is 0 Å². The molecule has 2 aromatic heterocycles. The molecule has 0 amide bonds. The van der Waals surface area contributed by atoms with Crippen LogP contribution < -0.4 is 4.74 Å². The molecule has 6 nitrogen and oxygen atoms in total. The van der Waals surface area contributed by atoms with Crippen molar-refractivity contribution < 1.29 is 4.74 Å². The van der Waals surface area contributed by atoms with E-state index in [9.17, 15) is 0 Å². The number of allylic oxidation sites excluding steroid dienone is 4. The highest BCUT2D eigenvalue weighted by Gasteiger charge is 2.16. The number of rotatable bonds is 11. The van der Waals surface area contributed by atoms with Crippen LogP contribution in [0.3, 0.4) is 0 Å². The monoisotopic (exact) mass is 563 g/mol. The summed E-state index contributed by atoms with van der Waals surface area (Å²) in [6.07, 6.45) is 18.7. The minimum absolute atomic E-state index is 0.278. The summed E-state index contributed by atoms with van der Waals surface area (Å²) in [7, 11) is 0. The Hall–Kier alpha value is -3.80. The third-order valence-electron chi connectivity index (χ3n) is 8.33. The number of ether oxygens (including phenoxy) is 1. The van der Waals surface area contributed by atoms with E-state index in [1.165, 1.54) is 55.2 Å². The maximum atomic E-state index is 6.05. The Labute approximate surface area is 250 Å². The van der Waals surface area contributed by atoms with Crippen molar-refractivity contribution in [1.82, 2.24) is 25.0 Å². The lowest BCUT2D eigenvalue weighted by atomic mass is 9.92. The minimum atomic E-state index is 0.278. The van der Waals surface area contributed by atoms with Crippen LogP contribution in [-0.4, -0.2) is 31.6 Å². The SMILES string of the molecule is CC.CC(CCCOc1ccc(C(C)Cc2ncc3nnn(-c4ccc5c(c4)CCC5)c3n2)cc1)CC1=CC=CCC1. The molecule has 4 aromatic rings. The van der Waals surface area contributed by atoms with Gasteiger partial charge in [0.15, 0.2) is 11.2 Å². The Balaban J connectivity index is 0.00000173. The summed E-state index contributed by atoms with van der Waals surface area (Å²) in [5.74, 6) is 2.72. The van der Waals surface area contributed by atoms with Gasteiger partial charge in [-0.1, -0.05) is 74.9 Å². The zero-order valence-electron chi connectivity index (χ0n) is 25.7. The molecule has 2 aromatic carbocycles. The van der Waals surface area contributed by atoms with Crippen molar-refractivity contribution in [3.63, 3.8) is 0 Å². The van der Waals surface area contributed by atoms with Crippen molar-refractivity contribution >= 4 is 11.2 Å². The number of hydrogen-bond donors (Lipinski definition) is 0. The van der Waals surface area contributed by atoms with Gasteiger partial charge in [0.2, 0.25) is 0 Å². The fraction of sp³-hybridized carbons (Fsp3) is 0.444. The maximum Gasteiger partial charge on any atom is 0.187 e. The number of nitrogens with zero attached hydrogens (tertiary/aromatic N) is 5. The van der Waals surface area contributed by atoms with E-state index in [-0.39, 0.29) is 5.92 Å². The lowest BCUT2D eigenvalue weighted by Gasteiger charge is -2.16. The first kappa shape index (κ1) is 29.7. The number of benzene rings is 2. The van der Waals surface area contributed by atoms with Gasteiger partial charge in [0, 0.05) is 6.42 Å². The Kier molecular flexibility index (Phi) is 10.2. The van der Waals surface area contributed by atoms with Crippen molar-refractivity contribution in [3.05, 3.63) is 95.0 Å². The zero-order chi connectivity index (χ0) is 29.3. The summed E-state index contributed by atoms with van der Waals surface area (Å²) >= 11 is 0. The molecule has 0 bridgehead atoms. The molecule has 42 heavy (non-hydrogen) atoms. The van der Waals surface area contributed by atoms with Crippen LogP contribution in [0.2, 0.25) is 0 Å². The second kappa shape index (κ2) is 14.4. The van der Waals surface area contributed by atoms with Gasteiger partial charge in [-0.2, -0.15) is 4.68 Å². The van der Waals surface area contributed by atoms with E-state index in [1.54, 1.807) is 11.8 Å². The molecule has 0 aliphatic heterocycles. The Morgan fingerprint density at radius 2 is 1.79 bits per heavy atom. The average molecular weight is 564 g/mol. The second-order valence-corrected chi connectivity index (χ2v) is 11.6. The van der Waals surface area contributed by atoms with Gasteiger partial charge in [0.25, 0.3) is 0 Å². The van der Waals surface area contributed by atoms with Gasteiger partial charge < -0.3 is 4.74 Å². The molecule has 2 aliphatic carbocycles. The first-order chi connectivity index (χ1) is 20.6. The summed E-state index contributed by atoms with van der Waals surface area (Å²) in [6, 6.07) is 15.1. The zero-order valence-corrected chi connectivity index (χ0v) is 25.7. The highest BCUT2D eigenvalue weighted by Crippen LogP contribution is 2.27. The smallest absolute Gasteiger partial charge is 0.187 e. The number of aryl methyl sites for hydroxylation is 2. The van der Waals surface area contributed by atoms with E-state index in [2.05, 4.69) is 89.8 Å². The van der Waals surface area contributed by atoms with Gasteiger partial charge in [0.1, 0.15) is 11.6 Å². The van der Waals surface area contributed by atoms with E-state index >= 15 is 0 Å². The normalized spacial score (nSPS) is 15.5. The lowest BCUT2D eigenvalue weighted by molar-refractivity contribution is 0.294. The Morgan fingerprint density at radius 3 is 2.60 bits per heavy atom. The lowest BCUT2D eigenvalue weighted by Crippen LogP contribution is -2.06. The fourth-order valence-corrected chi connectivity index (χ4v) is 6.00. The van der Waals surface area contributed by atoms with Gasteiger partial charge in [-0.25, -0.2) is 9.97 Å². The Bertz CT molecular complexity index is 1520. The Morgan fingerprint density at radius 1 is 0.952 bits per heavy atom. The van der Waals surface area contributed by atoms with Crippen LogP contribution in [0.15, 0.2) is 72.5 Å². The molecule has 0 radical (unpaired) electrons. The van der Waals surface area contributed by atoms with Gasteiger partial charge in [-0.05, 0) is 104 Å². The molecule has 2 aliphatic rings. The van der Waals surface area contributed by atoms with Crippen LogP contribution in [0, 0.1) is 5.92 Å². The molecule has 2 atom stereocenters. The predicted molar refractivity (Wildman–Crippen MR) is 171 cm³/mol. The number of aromatic nitrogens is 5. The van der Waals surface area contributed by atoms with Crippen LogP contribution in [0.1, 0.15) is 94.7 Å². The molecule has 6 heteroatoms. The van der Waals surface area contributed by atoms with Gasteiger partial charge >= 0.3 is 0 Å². The largest absolute Gasteiger partial charge is 0.494 e. The topological polar surface area (TPSA) is 65.7 Å². The minimum Gasteiger partial charge on any atom is -0.494 e. The van der Waals surface area contributed by atoms with E-state index in [1.807, 2.05) is 18.5 Å². The molecule has 0 N–H and O–H groups in total. The maximum absolute atomic E-state index is 6.05. The molecule has 0 fully saturated rings. The molecule has 0 spiro atoms. The van der Waals surface area contributed by atoms with Crippen molar-refractivity contribution in [2.45, 2.75) is 91.4 Å². The number of fused-ring (bicyclic) bond motifs is 2. The van der Waals surface area contributed by atoms with Crippen LogP contribution in [-0.2, 0) is 19.3 Å². The van der Waals surface area contributed by atoms with E-state index < -0.39 is 0 Å². The van der Waals surface area contributed by atoms with Gasteiger partial charge in [0.05, 0.1) is 18.5 Å². The number of hydrogen-bond acceptors (Lipinski definition) is 5. The summed E-state index contributed by atoms with van der Waals surface area (Å²) in [6.45, 7) is 9.34. The van der Waals surface area contributed by atoms with Crippen molar-refractivity contribution in [2.75, 3.05) is 6.61 Å². The molecule has 0 saturated heterocycles. The van der Waals surface area contributed by atoms with E-state index in [0.29, 0.717) is 5.92 Å². The second-order valence-electron chi connectivity index (χ2n) is 11.6. The van der Waals surface area contributed by atoms with Crippen molar-refractivity contribution in [3.8, 4) is 11.4 Å². The van der Waals surface area contributed by atoms with E-state index in [4.69, 9.17) is 9.72 Å². The van der Waals surface area contributed by atoms with Crippen LogP contribution in [0.25, 0.3) is 16.9 Å². The molecule has 2 heterocycles. The summed E-state index contributed by atoms with van der Waals surface area (Å²) in [4.78, 5) is 9.48. The fourth-order valence-electron chi connectivity index (χ4n) is 6.00. The predicted octanol–water partition coefficient (Wildman–Crippen LogP) is 8.53. The third kappa shape index (κ3) is 7.33. The first-order valence-corrected chi connectivity index (χ1v) is 15.9. The highest BCUT2D eigenvalue weighted by molar-refractivity contribution is 5.70. The van der Waals surface area contributed by atoms with Gasteiger partial charge in [-0.3, -0.25) is 0 Å². The van der Waals surface area contributed by atoms with Gasteiger partial charge in [-0.15, -0.1) is 5.10 Å². The molecule has 6 rings (SSSR count). The summed E-state index contributed by atoms with van der Waals surface area (Å²) in [5.41, 5.74) is 8.21. The third-order valence-corrected chi connectivity index (χ3v) is 8.33. The van der Waals surface area contributed by atoms with Crippen LogP contribution in [0.5, 0.6) is 5.75 Å². The molecule has 0 saturated carbocycles. The molecule has 2 unspecified atom stereocenters. The van der Waals surface area contributed by atoms with Crippen LogP contribution in [0.4, 0.5) is 0 Å².